The molecule has 0 aromatic heterocycles. The van der Waals surface area contributed by atoms with Crippen molar-refractivity contribution in [1.82, 2.24) is 9.80 Å². The molecule has 1 aromatic rings. The molecule has 0 N–H and O–H groups in total. The smallest absolute Gasteiger partial charge is 0.410 e. The van der Waals surface area contributed by atoms with Crippen molar-refractivity contribution in [3.05, 3.63) is 33.8 Å². The summed E-state index contributed by atoms with van der Waals surface area (Å²) >= 11 is 3.12. The van der Waals surface area contributed by atoms with Gasteiger partial charge >= 0.3 is 6.09 Å². The standard InChI is InChI=1S/C17H23BrF2N2O2/c1-11-9-22(16(23)24-17(2,3)4)8-7-21(11)10-12-13(19)5-6-14(20)15(12)18/h5-6,11H,7-10H2,1-4H3/t11-/m1/s1. The van der Waals surface area contributed by atoms with Crippen molar-refractivity contribution in [2.45, 2.75) is 45.9 Å². The molecule has 0 unspecified atom stereocenters. The Hall–Kier alpha value is -1.21. The summed E-state index contributed by atoms with van der Waals surface area (Å²) < 4.78 is 33.2. The average molecular weight is 405 g/mol. The fourth-order valence-electron chi connectivity index (χ4n) is 2.64. The Labute approximate surface area is 149 Å². The van der Waals surface area contributed by atoms with E-state index in [4.69, 9.17) is 4.74 Å². The van der Waals surface area contributed by atoms with E-state index in [-0.39, 0.29) is 23.2 Å². The number of rotatable bonds is 2. The molecule has 4 nitrogen and oxygen atoms in total. The number of carbonyl (C=O) groups is 1. The van der Waals surface area contributed by atoms with Crippen molar-refractivity contribution >= 4 is 22.0 Å². The van der Waals surface area contributed by atoms with Crippen molar-refractivity contribution in [2.24, 2.45) is 0 Å². The van der Waals surface area contributed by atoms with E-state index in [1.54, 1.807) is 4.90 Å². The van der Waals surface area contributed by atoms with Crippen molar-refractivity contribution in [3.63, 3.8) is 0 Å². The van der Waals surface area contributed by atoms with Gasteiger partial charge in [-0.3, -0.25) is 4.90 Å². The van der Waals surface area contributed by atoms with Gasteiger partial charge in [-0.25, -0.2) is 13.6 Å². The van der Waals surface area contributed by atoms with Crippen LogP contribution in [0.2, 0.25) is 0 Å². The zero-order valence-electron chi connectivity index (χ0n) is 14.4. The quantitative estimate of drug-likeness (QED) is 0.693. The van der Waals surface area contributed by atoms with Crippen LogP contribution in [-0.2, 0) is 11.3 Å². The molecule has 0 bridgehead atoms. The fourth-order valence-corrected chi connectivity index (χ4v) is 3.09. The maximum absolute atomic E-state index is 14.0. The van der Waals surface area contributed by atoms with E-state index in [0.29, 0.717) is 25.2 Å². The van der Waals surface area contributed by atoms with E-state index >= 15 is 0 Å². The highest BCUT2D eigenvalue weighted by molar-refractivity contribution is 9.10. The van der Waals surface area contributed by atoms with Crippen LogP contribution in [-0.4, -0.2) is 47.2 Å². The van der Waals surface area contributed by atoms with Crippen LogP contribution in [0.5, 0.6) is 0 Å². The van der Waals surface area contributed by atoms with E-state index in [1.807, 2.05) is 32.6 Å². The number of piperazine rings is 1. The molecule has 24 heavy (non-hydrogen) atoms. The minimum Gasteiger partial charge on any atom is -0.444 e. The number of amides is 1. The number of carbonyl (C=O) groups excluding carboxylic acids is 1. The zero-order valence-corrected chi connectivity index (χ0v) is 16.0. The summed E-state index contributed by atoms with van der Waals surface area (Å²) in [5.41, 5.74) is -0.236. The largest absolute Gasteiger partial charge is 0.444 e. The van der Waals surface area contributed by atoms with Crippen molar-refractivity contribution in [1.29, 1.82) is 0 Å². The van der Waals surface area contributed by atoms with E-state index in [1.165, 1.54) is 0 Å². The Morgan fingerprint density at radius 1 is 1.29 bits per heavy atom. The lowest BCUT2D eigenvalue weighted by Crippen LogP contribution is -2.54. The first kappa shape index (κ1) is 19.1. The predicted octanol–water partition coefficient (Wildman–Crippen LogP) is 4.17. The molecule has 134 valence electrons. The van der Waals surface area contributed by atoms with Crippen LogP contribution in [0.15, 0.2) is 16.6 Å². The maximum Gasteiger partial charge on any atom is 0.410 e. The molecule has 2 rings (SSSR count). The molecule has 1 saturated heterocycles. The summed E-state index contributed by atoms with van der Waals surface area (Å²) in [4.78, 5) is 15.8. The minimum absolute atomic E-state index is 0.0147. The van der Waals surface area contributed by atoms with E-state index in [2.05, 4.69) is 15.9 Å². The van der Waals surface area contributed by atoms with Crippen LogP contribution >= 0.6 is 15.9 Å². The Kier molecular flexibility index (Phi) is 5.86. The summed E-state index contributed by atoms with van der Waals surface area (Å²) in [6.45, 7) is 9.29. The molecule has 0 aliphatic carbocycles. The maximum atomic E-state index is 14.0. The van der Waals surface area contributed by atoms with E-state index in [0.717, 1.165) is 12.1 Å². The highest BCUT2D eigenvalue weighted by Crippen LogP contribution is 2.26. The molecule has 1 aromatic carbocycles. The lowest BCUT2D eigenvalue weighted by atomic mass is 10.1. The second-order valence-electron chi connectivity index (χ2n) is 7.07. The van der Waals surface area contributed by atoms with Gasteiger partial charge in [0, 0.05) is 37.8 Å². The van der Waals surface area contributed by atoms with Gasteiger partial charge in [0.15, 0.2) is 0 Å². The summed E-state index contributed by atoms with van der Waals surface area (Å²) in [6, 6.07) is 2.25. The van der Waals surface area contributed by atoms with Gasteiger partial charge in [-0.2, -0.15) is 0 Å². The summed E-state index contributed by atoms with van der Waals surface area (Å²) in [7, 11) is 0. The molecule has 7 heteroatoms. The van der Waals surface area contributed by atoms with Crippen LogP contribution in [0.25, 0.3) is 0 Å². The second kappa shape index (κ2) is 7.35. The number of halogens is 3. The lowest BCUT2D eigenvalue weighted by molar-refractivity contribution is 0.00442. The summed E-state index contributed by atoms with van der Waals surface area (Å²) in [5.74, 6) is -0.920. The van der Waals surface area contributed by atoms with Crippen LogP contribution in [0, 0.1) is 11.6 Å². The number of benzene rings is 1. The molecule has 1 heterocycles. The monoisotopic (exact) mass is 404 g/mol. The lowest BCUT2D eigenvalue weighted by Gasteiger charge is -2.40. The second-order valence-corrected chi connectivity index (χ2v) is 7.86. The molecule has 1 amide bonds. The van der Waals surface area contributed by atoms with Gasteiger partial charge in [0.25, 0.3) is 0 Å². The van der Waals surface area contributed by atoms with Gasteiger partial charge in [0.2, 0.25) is 0 Å². The molecule has 0 spiro atoms. The first-order chi connectivity index (χ1) is 11.1. The minimum atomic E-state index is -0.535. The molecular formula is C17H23BrF2N2O2. The zero-order chi connectivity index (χ0) is 18.1. The molecule has 1 fully saturated rings. The van der Waals surface area contributed by atoms with Crippen LogP contribution in [0.3, 0.4) is 0 Å². The summed E-state index contributed by atoms with van der Waals surface area (Å²) in [5, 5.41) is 0. The summed E-state index contributed by atoms with van der Waals surface area (Å²) in [6.07, 6.45) is -0.341. The molecule has 1 aliphatic rings. The molecule has 0 saturated carbocycles. The van der Waals surface area contributed by atoms with Gasteiger partial charge in [-0.15, -0.1) is 0 Å². The van der Waals surface area contributed by atoms with Crippen LogP contribution < -0.4 is 0 Å². The molecule has 1 atom stereocenters. The SMILES string of the molecule is C[C@@H]1CN(C(=O)OC(C)(C)C)CCN1Cc1c(F)ccc(F)c1Br. The van der Waals surface area contributed by atoms with Crippen LogP contribution in [0.1, 0.15) is 33.3 Å². The first-order valence-corrected chi connectivity index (χ1v) is 8.72. The Morgan fingerprint density at radius 2 is 1.92 bits per heavy atom. The van der Waals surface area contributed by atoms with E-state index in [9.17, 15) is 13.6 Å². The van der Waals surface area contributed by atoms with Crippen molar-refractivity contribution in [3.8, 4) is 0 Å². The third-order valence-corrected chi connectivity index (χ3v) is 4.77. The highest BCUT2D eigenvalue weighted by Gasteiger charge is 2.30. The highest BCUT2D eigenvalue weighted by atomic mass is 79.9. The number of nitrogens with zero attached hydrogens (tertiary/aromatic N) is 2. The van der Waals surface area contributed by atoms with Gasteiger partial charge in [-0.1, -0.05) is 0 Å². The van der Waals surface area contributed by atoms with Crippen molar-refractivity contribution in [2.75, 3.05) is 19.6 Å². The van der Waals surface area contributed by atoms with Gasteiger partial charge in [0.05, 0.1) is 4.47 Å². The topological polar surface area (TPSA) is 32.8 Å². The average Bonchev–Trinajstić information content (AvgIpc) is 2.47. The van der Waals surface area contributed by atoms with Gasteiger partial charge in [0.1, 0.15) is 17.2 Å². The van der Waals surface area contributed by atoms with Gasteiger partial charge in [-0.05, 0) is 55.8 Å². The van der Waals surface area contributed by atoms with Crippen LogP contribution in [0.4, 0.5) is 13.6 Å². The third kappa shape index (κ3) is 4.66. The molecule has 0 radical (unpaired) electrons. The fraction of sp³-hybridized carbons (Fsp3) is 0.588. The Bertz CT molecular complexity index is 619. The first-order valence-electron chi connectivity index (χ1n) is 7.93. The normalized spacial score (nSPS) is 19.5. The van der Waals surface area contributed by atoms with Gasteiger partial charge < -0.3 is 9.64 Å². The molecular weight excluding hydrogens is 382 g/mol. The van der Waals surface area contributed by atoms with E-state index < -0.39 is 17.2 Å². The Balaban J connectivity index is 2.02. The number of hydrogen-bond donors (Lipinski definition) is 0. The van der Waals surface area contributed by atoms with Crippen molar-refractivity contribution < 1.29 is 18.3 Å². The predicted molar refractivity (Wildman–Crippen MR) is 91.7 cm³/mol. The third-order valence-electron chi connectivity index (χ3n) is 3.92. The number of ether oxygens (including phenoxy) is 1. The molecule has 1 aliphatic heterocycles. The Morgan fingerprint density at radius 3 is 2.50 bits per heavy atom. The number of hydrogen-bond acceptors (Lipinski definition) is 3.